The number of Topliss-reactive ketones (excluding diaryl/α,β-unsaturated/α-hetero) is 1. The fourth-order valence-corrected chi connectivity index (χ4v) is 3.75. The molecule has 0 bridgehead atoms. The van der Waals surface area contributed by atoms with Crippen LogP contribution in [0.2, 0.25) is 0 Å². The molecule has 0 fully saturated rings. The minimum atomic E-state index is -5.25. The van der Waals surface area contributed by atoms with Crippen molar-refractivity contribution < 1.29 is 55.6 Å². The number of halogens is 6. The average Bonchev–Trinajstić information content (AvgIpc) is 2.87. The maximum atomic E-state index is 13.9. The molecule has 0 aliphatic carbocycles. The molecule has 3 aromatic rings. The summed E-state index contributed by atoms with van der Waals surface area (Å²) in [5.74, 6) is -2.36. The van der Waals surface area contributed by atoms with E-state index in [4.69, 9.17) is 9.47 Å². The van der Waals surface area contributed by atoms with Gasteiger partial charge in [0.1, 0.15) is 11.5 Å². The zero-order chi connectivity index (χ0) is 30.3. The van der Waals surface area contributed by atoms with Crippen LogP contribution in [0.1, 0.15) is 52.6 Å². The maximum Gasteiger partial charge on any atom is 0.421 e. The van der Waals surface area contributed by atoms with E-state index in [1.165, 1.54) is 43.3 Å². The quantitative estimate of drug-likeness (QED) is 0.149. The summed E-state index contributed by atoms with van der Waals surface area (Å²) in [6.45, 7) is 2.23. The van der Waals surface area contributed by atoms with Crippen molar-refractivity contribution in [3.63, 3.8) is 0 Å². The number of hydrogen-bond acceptors (Lipinski definition) is 6. The third-order valence-corrected chi connectivity index (χ3v) is 6.40. The van der Waals surface area contributed by atoms with Crippen molar-refractivity contribution in [3.8, 4) is 22.6 Å². The second-order valence-electron chi connectivity index (χ2n) is 9.29. The molecule has 0 aliphatic heterocycles. The SMILES string of the molecule is COc1ccc(-c2ccc(OC(=O)c3ccc(C(C)=O)cc3)c(C(C)(O)C(F)(F)F)c2)cc1C(C)(O)C(F)(F)F. The van der Waals surface area contributed by atoms with Crippen LogP contribution < -0.4 is 9.47 Å². The maximum absolute atomic E-state index is 13.9. The van der Waals surface area contributed by atoms with Gasteiger partial charge in [0.15, 0.2) is 17.0 Å². The van der Waals surface area contributed by atoms with Crippen LogP contribution in [0.15, 0.2) is 60.7 Å². The van der Waals surface area contributed by atoms with Crippen LogP contribution in [0.4, 0.5) is 26.3 Å². The van der Waals surface area contributed by atoms with E-state index in [1.807, 2.05) is 0 Å². The van der Waals surface area contributed by atoms with Crippen molar-refractivity contribution in [3.05, 3.63) is 82.9 Å². The van der Waals surface area contributed by atoms with Gasteiger partial charge < -0.3 is 19.7 Å². The van der Waals surface area contributed by atoms with Crippen LogP contribution in [0, 0.1) is 0 Å². The highest BCUT2D eigenvalue weighted by Crippen LogP contribution is 2.46. The fraction of sp³-hybridized carbons (Fsp3) is 0.286. The Kier molecular flexibility index (Phi) is 8.11. The molecule has 0 amide bonds. The second kappa shape index (κ2) is 10.6. The van der Waals surface area contributed by atoms with Gasteiger partial charge in [0.2, 0.25) is 0 Å². The zero-order valence-corrected chi connectivity index (χ0v) is 21.6. The van der Waals surface area contributed by atoms with Gasteiger partial charge in [-0.1, -0.05) is 24.3 Å². The first-order chi connectivity index (χ1) is 18.3. The summed E-state index contributed by atoms with van der Waals surface area (Å²) in [5, 5.41) is 20.7. The highest BCUT2D eigenvalue weighted by atomic mass is 19.4. The summed E-state index contributed by atoms with van der Waals surface area (Å²) in [7, 11) is 1.08. The Morgan fingerprint density at radius 2 is 1.07 bits per heavy atom. The Bertz CT molecular complexity index is 1420. The molecule has 3 aromatic carbocycles. The second-order valence-corrected chi connectivity index (χ2v) is 9.29. The van der Waals surface area contributed by atoms with Crippen LogP contribution in [-0.4, -0.2) is 41.4 Å². The Morgan fingerprint density at radius 3 is 1.48 bits per heavy atom. The van der Waals surface area contributed by atoms with Crippen LogP contribution in [0.25, 0.3) is 11.1 Å². The molecule has 214 valence electrons. The Hall–Kier alpha value is -3.90. The number of alkyl halides is 6. The number of rotatable bonds is 7. The minimum Gasteiger partial charge on any atom is -0.496 e. The molecule has 0 aromatic heterocycles. The number of benzene rings is 3. The third kappa shape index (κ3) is 5.82. The third-order valence-electron chi connectivity index (χ3n) is 6.40. The molecule has 3 rings (SSSR count). The van der Waals surface area contributed by atoms with Gasteiger partial charge in [0.05, 0.1) is 12.7 Å². The molecule has 2 unspecified atom stereocenters. The zero-order valence-electron chi connectivity index (χ0n) is 21.6. The van der Waals surface area contributed by atoms with Gasteiger partial charge in [-0.2, -0.15) is 26.3 Å². The van der Waals surface area contributed by atoms with E-state index in [-0.39, 0.29) is 33.8 Å². The Balaban J connectivity index is 2.14. The van der Waals surface area contributed by atoms with Crippen LogP contribution in [0.5, 0.6) is 11.5 Å². The molecule has 2 atom stereocenters. The van der Waals surface area contributed by atoms with E-state index < -0.39 is 46.4 Å². The smallest absolute Gasteiger partial charge is 0.421 e. The standard InChI is InChI=1S/C28H24F6O6/c1-15(35)16-5-7-17(8-6-16)24(36)40-23-12-10-19(14-21(23)26(3,38)28(32,33)34)18-9-11-22(39-4)20(13-18)25(2,37)27(29,30)31/h5-14,37-38H,1-4H3. The average molecular weight is 570 g/mol. The van der Waals surface area contributed by atoms with Crippen molar-refractivity contribution in [1.82, 2.24) is 0 Å². The normalized spacial score (nSPS) is 15.1. The van der Waals surface area contributed by atoms with Gasteiger partial charge in [-0.3, -0.25) is 4.79 Å². The summed E-state index contributed by atoms with van der Waals surface area (Å²) in [6.07, 6.45) is -10.4. The molecule has 0 spiro atoms. The summed E-state index contributed by atoms with van der Waals surface area (Å²) >= 11 is 0. The highest BCUT2D eigenvalue weighted by Gasteiger charge is 2.54. The number of ether oxygens (including phenoxy) is 2. The van der Waals surface area contributed by atoms with Crippen molar-refractivity contribution >= 4 is 11.8 Å². The Morgan fingerprint density at radius 1 is 0.675 bits per heavy atom. The number of esters is 1. The van der Waals surface area contributed by atoms with E-state index in [0.717, 1.165) is 31.4 Å². The van der Waals surface area contributed by atoms with Gasteiger partial charge in [0, 0.05) is 16.7 Å². The topological polar surface area (TPSA) is 93.1 Å². The number of carbonyl (C=O) groups excluding carboxylic acids is 2. The summed E-state index contributed by atoms with van der Waals surface area (Å²) in [5.41, 5.74) is -8.48. The largest absolute Gasteiger partial charge is 0.496 e. The molecular formula is C28H24F6O6. The molecule has 0 aliphatic rings. The number of aliphatic hydroxyl groups is 2. The highest BCUT2D eigenvalue weighted by molar-refractivity contribution is 5.96. The minimum absolute atomic E-state index is 0.0581. The molecule has 40 heavy (non-hydrogen) atoms. The fourth-order valence-electron chi connectivity index (χ4n) is 3.75. The van der Waals surface area contributed by atoms with Gasteiger partial charge >= 0.3 is 18.3 Å². The molecular weight excluding hydrogens is 546 g/mol. The molecule has 12 heteroatoms. The molecule has 0 heterocycles. The van der Waals surface area contributed by atoms with E-state index in [1.54, 1.807) is 0 Å². The van der Waals surface area contributed by atoms with Crippen molar-refractivity contribution in [2.24, 2.45) is 0 Å². The molecule has 0 saturated carbocycles. The number of hydrogen-bond donors (Lipinski definition) is 2. The summed E-state index contributed by atoms with van der Waals surface area (Å²) < 4.78 is 92.4. The molecule has 0 radical (unpaired) electrons. The lowest BCUT2D eigenvalue weighted by Crippen LogP contribution is -2.39. The molecule has 0 saturated heterocycles. The lowest BCUT2D eigenvalue weighted by Gasteiger charge is -2.29. The summed E-state index contributed by atoms with van der Waals surface area (Å²) in [6, 6.07) is 11.3. The van der Waals surface area contributed by atoms with Gasteiger partial charge in [-0.25, -0.2) is 4.79 Å². The molecule has 6 nitrogen and oxygen atoms in total. The lowest BCUT2D eigenvalue weighted by molar-refractivity contribution is -0.259. The molecule has 2 N–H and O–H groups in total. The van der Waals surface area contributed by atoms with E-state index in [0.29, 0.717) is 13.8 Å². The first kappa shape index (κ1) is 30.6. The van der Waals surface area contributed by atoms with E-state index in [9.17, 15) is 46.1 Å². The number of methoxy groups -OCH3 is 1. The first-order valence-corrected chi connectivity index (χ1v) is 11.6. The number of ketones is 1. The lowest BCUT2D eigenvalue weighted by atomic mass is 9.88. The van der Waals surface area contributed by atoms with Gasteiger partial charge in [-0.15, -0.1) is 0 Å². The number of carbonyl (C=O) groups is 2. The van der Waals surface area contributed by atoms with Crippen molar-refractivity contribution in [1.29, 1.82) is 0 Å². The van der Waals surface area contributed by atoms with Crippen molar-refractivity contribution in [2.75, 3.05) is 7.11 Å². The monoisotopic (exact) mass is 570 g/mol. The van der Waals surface area contributed by atoms with Crippen LogP contribution in [-0.2, 0) is 11.2 Å². The Labute approximate surface area is 224 Å². The first-order valence-electron chi connectivity index (χ1n) is 11.6. The predicted molar refractivity (Wildman–Crippen MR) is 131 cm³/mol. The van der Waals surface area contributed by atoms with Gasteiger partial charge in [-0.05, 0) is 68.3 Å². The predicted octanol–water partition coefficient (Wildman–Crippen LogP) is 6.32. The van der Waals surface area contributed by atoms with Gasteiger partial charge in [0.25, 0.3) is 0 Å². The van der Waals surface area contributed by atoms with Crippen molar-refractivity contribution in [2.45, 2.75) is 44.3 Å². The van der Waals surface area contributed by atoms with Crippen LogP contribution >= 0.6 is 0 Å². The van der Waals surface area contributed by atoms with E-state index >= 15 is 0 Å². The van der Waals surface area contributed by atoms with Crippen LogP contribution in [0.3, 0.4) is 0 Å². The summed E-state index contributed by atoms with van der Waals surface area (Å²) in [4.78, 5) is 24.1. The van der Waals surface area contributed by atoms with E-state index in [2.05, 4.69) is 0 Å².